The summed E-state index contributed by atoms with van der Waals surface area (Å²) in [5, 5.41) is 5.37. The van der Waals surface area contributed by atoms with Crippen LogP contribution in [0.5, 0.6) is 17.4 Å². The first-order chi connectivity index (χ1) is 15.3. The maximum Gasteiger partial charge on any atom is 0.416 e. The molecule has 3 rings (SSSR count). The monoisotopic (exact) mass is 445 g/mol. The van der Waals surface area contributed by atoms with Gasteiger partial charge in [0, 0.05) is 24.5 Å². The average molecular weight is 445 g/mol. The van der Waals surface area contributed by atoms with E-state index in [4.69, 9.17) is 9.47 Å². The highest BCUT2D eigenvalue weighted by atomic mass is 19.4. The number of carbonyl (C=O) groups excluding carboxylic acids is 1. The fourth-order valence-corrected chi connectivity index (χ4v) is 2.75. The van der Waals surface area contributed by atoms with E-state index in [0.29, 0.717) is 24.0 Å². The Kier molecular flexibility index (Phi) is 7.54. The van der Waals surface area contributed by atoms with Crippen molar-refractivity contribution in [2.75, 3.05) is 18.5 Å². The smallest absolute Gasteiger partial charge is 0.416 e. The number of anilines is 1. The first kappa shape index (κ1) is 22.9. The molecule has 3 aromatic rings. The molecule has 0 saturated carbocycles. The SMILES string of the molecule is CCOc1ccccc1Oc1ccc(CNC(=O)CNc2cccc(C(F)(F)F)c2)cn1. The van der Waals surface area contributed by atoms with Gasteiger partial charge in [-0.3, -0.25) is 4.79 Å². The number of alkyl halides is 3. The van der Waals surface area contributed by atoms with E-state index < -0.39 is 11.7 Å². The molecule has 0 atom stereocenters. The number of carbonyl (C=O) groups is 1. The summed E-state index contributed by atoms with van der Waals surface area (Å²) in [5.41, 5.74) is 0.175. The Balaban J connectivity index is 1.49. The first-order valence-electron chi connectivity index (χ1n) is 9.87. The lowest BCUT2D eigenvalue weighted by Gasteiger charge is -2.12. The van der Waals surface area contributed by atoms with E-state index in [9.17, 15) is 18.0 Å². The number of pyridine rings is 1. The van der Waals surface area contributed by atoms with E-state index in [1.54, 1.807) is 30.5 Å². The molecule has 2 N–H and O–H groups in total. The van der Waals surface area contributed by atoms with Crippen LogP contribution in [0.15, 0.2) is 66.9 Å². The minimum atomic E-state index is -4.44. The van der Waals surface area contributed by atoms with Crippen LogP contribution in [0.25, 0.3) is 0 Å². The molecule has 0 fully saturated rings. The molecule has 0 radical (unpaired) electrons. The molecule has 0 aliphatic rings. The van der Waals surface area contributed by atoms with Crippen LogP contribution >= 0.6 is 0 Å². The second-order valence-electron chi connectivity index (χ2n) is 6.70. The van der Waals surface area contributed by atoms with Gasteiger partial charge in [-0.25, -0.2) is 4.98 Å². The molecule has 9 heteroatoms. The fourth-order valence-electron chi connectivity index (χ4n) is 2.75. The minimum absolute atomic E-state index is 0.163. The zero-order valence-electron chi connectivity index (χ0n) is 17.3. The summed E-state index contributed by atoms with van der Waals surface area (Å²) in [6.07, 6.45) is -2.87. The van der Waals surface area contributed by atoms with Gasteiger partial charge in [-0.05, 0) is 42.8 Å². The number of hydrogen-bond donors (Lipinski definition) is 2. The predicted molar refractivity (Wildman–Crippen MR) is 114 cm³/mol. The van der Waals surface area contributed by atoms with Crippen LogP contribution in [0.2, 0.25) is 0 Å². The van der Waals surface area contributed by atoms with E-state index >= 15 is 0 Å². The fraction of sp³-hybridized carbons (Fsp3) is 0.217. The zero-order valence-corrected chi connectivity index (χ0v) is 17.3. The van der Waals surface area contributed by atoms with E-state index in [2.05, 4.69) is 15.6 Å². The molecule has 168 valence electrons. The van der Waals surface area contributed by atoms with E-state index in [1.807, 2.05) is 19.1 Å². The molecule has 2 aromatic carbocycles. The van der Waals surface area contributed by atoms with Crippen molar-refractivity contribution in [3.8, 4) is 17.4 Å². The Morgan fingerprint density at radius 1 is 1.03 bits per heavy atom. The molecule has 0 aliphatic carbocycles. The third kappa shape index (κ3) is 6.63. The van der Waals surface area contributed by atoms with Gasteiger partial charge in [-0.2, -0.15) is 13.2 Å². The molecule has 0 aliphatic heterocycles. The molecule has 0 bridgehead atoms. The van der Waals surface area contributed by atoms with Gasteiger partial charge in [0.2, 0.25) is 11.8 Å². The second-order valence-corrected chi connectivity index (χ2v) is 6.70. The van der Waals surface area contributed by atoms with Crippen molar-refractivity contribution in [1.29, 1.82) is 0 Å². The number of rotatable bonds is 9. The van der Waals surface area contributed by atoms with Crippen LogP contribution < -0.4 is 20.1 Å². The quantitative estimate of drug-likeness (QED) is 0.484. The van der Waals surface area contributed by atoms with Gasteiger partial charge in [0.05, 0.1) is 18.7 Å². The van der Waals surface area contributed by atoms with Gasteiger partial charge in [0.25, 0.3) is 0 Å². The standard InChI is InChI=1S/C23H22F3N3O3/c1-2-31-19-8-3-4-9-20(19)32-22-11-10-16(14-29-22)13-28-21(30)15-27-18-7-5-6-17(12-18)23(24,25)26/h3-12,14,27H,2,13,15H2,1H3,(H,28,30). The number of ether oxygens (including phenoxy) is 2. The highest BCUT2D eigenvalue weighted by molar-refractivity contribution is 5.80. The predicted octanol–water partition coefficient (Wildman–Crippen LogP) is 5.02. The summed E-state index contributed by atoms with van der Waals surface area (Å²) >= 11 is 0. The molecule has 1 heterocycles. The van der Waals surface area contributed by atoms with Gasteiger partial charge in [0.15, 0.2) is 11.5 Å². The summed E-state index contributed by atoms with van der Waals surface area (Å²) < 4.78 is 49.5. The number of nitrogens with zero attached hydrogens (tertiary/aromatic N) is 1. The van der Waals surface area contributed by atoms with Crippen molar-refractivity contribution in [1.82, 2.24) is 10.3 Å². The third-order valence-corrected chi connectivity index (χ3v) is 4.29. The number of aromatic nitrogens is 1. The minimum Gasteiger partial charge on any atom is -0.490 e. The number of hydrogen-bond acceptors (Lipinski definition) is 5. The third-order valence-electron chi connectivity index (χ3n) is 4.29. The van der Waals surface area contributed by atoms with Gasteiger partial charge in [-0.15, -0.1) is 0 Å². The summed E-state index contributed by atoms with van der Waals surface area (Å²) in [5.74, 6) is 1.16. The summed E-state index contributed by atoms with van der Waals surface area (Å²) in [7, 11) is 0. The molecule has 0 unspecified atom stereocenters. The Morgan fingerprint density at radius 2 is 1.81 bits per heavy atom. The van der Waals surface area contributed by atoms with Gasteiger partial charge in [0.1, 0.15) is 0 Å². The Hall–Kier alpha value is -3.75. The lowest BCUT2D eigenvalue weighted by Crippen LogP contribution is -2.29. The number of benzene rings is 2. The highest BCUT2D eigenvalue weighted by Crippen LogP contribution is 2.31. The van der Waals surface area contributed by atoms with Crippen LogP contribution in [0.1, 0.15) is 18.1 Å². The summed E-state index contributed by atoms with van der Waals surface area (Å²) in [4.78, 5) is 16.3. The van der Waals surface area contributed by atoms with E-state index in [0.717, 1.165) is 17.7 Å². The van der Waals surface area contributed by atoms with Gasteiger partial charge in [-0.1, -0.05) is 24.3 Å². The molecule has 6 nitrogen and oxygen atoms in total. The topological polar surface area (TPSA) is 72.5 Å². The van der Waals surface area contributed by atoms with E-state index in [1.165, 1.54) is 12.1 Å². The molecule has 32 heavy (non-hydrogen) atoms. The van der Waals surface area contributed by atoms with Crippen LogP contribution in [-0.2, 0) is 17.5 Å². The normalized spacial score (nSPS) is 11.0. The molecule has 0 spiro atoms. The van der Waals surface area contributed by atoms with Crippen molar-refractivity contribution in [2.24, 2.45) is 0 Å². The van der Waals surface area contributed by atoms with Crippen LogP contribution in [0, 0.1) is 0 Å². The van der Waals surface area contributed by atoms with Crippen molar-refractivity contribution in [2.45, 2.75) is 19.6 Å². The van der Waals surface area contributed by atoms with Crippen molar-refractivity contribution < 1.29 is 27.4 Å². The molecule has 1 amide bonds. The second kappa shape index (κ2) is 10.5. The molecular formula is C23H22F3N3O3. The lowest BCUT2D eigenvalue weighted by molar-refractivity contribution is -0.137. The van der Waals surface area contributed by atoms with Crippen molar-refractivity contribution in [3.05, 3.63) is 78.0 Å². The largest absolute Gasteiger partial charge is 0.490 e. The maximum absolute atomic E-state index is 12.8. The van der Waals surface area contributed by atoms with Crippen LogP contribution in [-0.4, -0.2) is 24.0 Å². The van der Waals surface area contributed by atoms with Gasteiger partial charge >= 0.3 is 6.18 Å². The summed E-state index contributed by atoms with van der Waals surface area (Å²) in [6, 6.07) is 15.4. The number of amides is 1. The molecular weight excluding hydrogens is 423 g/mol. The molecule has 0 saturated heterocycles. The lowest BCUT2D eigenvalue weighted by atomic mass is 10.2. The Labute approximate surface area is 183 Å². The number of halogens is 3. The average Bonchev–Trinajstić information content (AvgIpc) is 2.78. The van der Waals surface area contributed by atoms with Gasteiger partial charge < -0.3 is 20.1 Å². The van der Waals surface area contributed by atoms with Crippen molar-refractivity contribution in [3.63, 3.8) is 0 Å². The van der Waals surface area contributed by atoms with Crippen molar-refractivity contribution >= 4 is 11.6 Å². The molecule has 1 aromatic heterocycles. The Bertz CT molecular complexity index is 1040. The Morgan fingerprint density at radius 3 is 2.50 bits per heavy atom. The van der Waals surface area contributed by atoms with E-state index in [-0.39, 0.29) is 24.7 Å². The zero-order chi connectivity index (χ0) is 23.0. The van der Waals surface area contributed by atoms with Crippen LogP contribution in [0.3, 0.4) is 0 Å². The van der Waals surface area contributed by atoms with Crippen LogP contribution in [0.4, 0.5) is 18.9 Å². The maximum atomic E-state index is 12.8. The number of para-hydroxylation sites is 2. The highest BCUT2D eigenvalue weighted by Gasteiger charge is 2.30. The number of nitrogens with one attached hydrogen (secondary N) is 2. The summed E-state index contributed by atoms with van der Waals surface area (Å²) in [6.45, 7) is 2.44. The first-order valence-corrected chi connectivity index (χ1v) is 9.87.